The molecule has 0 aromatic heterocycles. The Labute approximate surface area is 118 Å². The third kappa shape index (κ3) is 3.63. The number of aliphatic carboxylic acids is 1. The van der Waals surface area contributed by atoms with Crippen LogP contribution in [0.4, 0.5) is 0 Å². The lowest BCUT2D eigenvalue weighted by atomic mass is 10.0. The Morgan fingerprint density at radius 1 is 1.45 bits per heavy atom. The lowest BCUT2D eigenvalue weighted by Gasteiger charge is -2.21. The van der Waals surface area contributed by atoms with Crippen molar-refractivity contribution in [3.05, 3.63) is 42.0 Å². The monoisotopic (exact) mass is 274 g/mol. The minimum atomic E-state index is -0.990. The minimum absolute atomic E-state index is 0.0111. The maximum absolute atomic E-state index is 10.7. The molecule has 0 saturated carbocycles. The molecule has 0 bridgehead atoms. The second-order valence-corrected chi connectivity index (χ2v) is 4.57. The summed E-state index contributed by atoms with van der Waals surface area (Å²) in [5.74, 6) is 0.205. The Kier molecular flexibility index (Phi) is 4.82. The van der Waals surface area contributed by atoms with Gasteiger partial charge in [0.2, 0.25) is 0 Å². The number of carboxylic acid groups (broad SMARTS) is 1. The van der Waals surface area contributed by atoms with Crippen LogP contribution in [-0.2, 0) is 4.79 Å². The number of carboxylic acids is 1. The number of hydrogen-bond acceptors (Lipinski definition) is 3. The molecular formula is C16H18O4. The Morgan fingerprint density at radius 3 is 2.95 bits per heavy atom. The van der Waals surface area contributed by atoms with E-state index < -0.39 is 5.97 Å². The standard InChI is InChI=1S/C16H18O4/c1-19-14-9-5-6-12(10-11-15(17)18)16(14)20-13-7-3-2-4-8-13/h3,5-7,9-11,13H,2,4,8H2,1H3,(H,17,18)/b11-10+. The number of hydrogen-bond donors (Lipinski definition) is 1. The molecule has 1 aliphatic carbocycles. The van der Waals surface area contributed by atoms with E-state index in [1.54, 1.807) is 13.2 Å². The Hall–Kier alpha value is -2.23. The second kappa shape index (κ2) is 6.80. The van der Waals surface area contributed by atoms with Gasteiger partial charge < -0.3 is 14.6 Å². The molecule has 0 amide bonds. The summed E-state index contributed by atoms with van der Waals surface area (Å²) in [5, 5.41) is 8.74. The van der Waals surface area contributed by atoms with E-state index >= 15 is 0 Å². The molecule has 1 unspecified atom stereocenters. The van der Waals surface area contributed by atoms with Gasteiger partial charge in [-0.2, -0.15) is 0 Å². The Balaban J connectivity index is 2.29. The number of rotatable bonds is 5. The first-order valence-electron chi connectivity index (χ1n) is 6.62. The molecule has 20 heavy (non-hydrogen) atoms. The van der Waals surface area contributed by atoms with Crippen molar-refractivity contribution in [2.45, 2.75) is 25.4 Å². The van der Waals surface area contributed by atoms with Crippen molar-refractivity contribution in [2.24, 2.45) is 0 Å². The molecule has 106 valence electrons. The zero-order valence-electron chi connectivity index (χ0n) is 11.4. The number of methoxy groups -OCH3 is 1. The van der Waals surface area contributed by atoms with Gasteiger partial charge in [0.1, 0.15) is 6.10 Å². The average Bonchev–Trinajstić information content (AvgIpc) is 2.47. The molecule has 0 radical (unpaired) electrons. The van der Waals surface area contributed by atoms with E-state index in [4.69, 9.17) is 14.6 Å². The van der Waals surface area contributed by atoms with E-state index in [0.29, 0.717) is 17.1 Å². The second-order valence-electron chi connectivity index (χ2n) is 4.57. The summed E-state index contributed by atoms with van der Waals surface area (Å²) in [6.45, 7) is 0. The summed E-state index contributed by atoms with van der Waals surface area (Å²) in [6, 6.07) is 5.42. The molecule has 1 aromatic carbocycles. The zero-order chi connectivity index (χ0) is 14.4. The largest absolute Gasteiger partial charge is 0.493 e. The maximum atomic E-state index is 10.7. The van der Waals surface area contributed by atoms with Gasteiger partial charge in [-0.3, -0.25) is 0 Å². The van der Waals surface area contributed by atoms with E-state index in [1.165, 1.54) is 6.08 Å². The summed E-state index contributed by atoms with van der Waals surface area (Å²) < 4.78 is 11.3. The first kappa shape index (κ1) is 14.2. The van der Waals surface area contributed by atoms with Gasteiger partial charge in [-0.15, -0.1) is 0 Å². The fourth-order valence-electron chi connectivity index (χ4n) is 2.14. The predicted octanol–water partition coefficient (Wildman–Crippen LogP) is 3.28. The highest BCUT2D eigenvalue weighted by Crippen LogP contribution is 2.34. The molecule has 4 heteroatoms. The molecule has 4 nitrogen and oxygen atoms in total. The molecule has 0 fully saturated rings. The number of allylic oxidation sites excluding steroid dienone is 1. The van der Waals surface area contributed by atoms with Gasteiger partial charge in [0.05, 0.1) is 7.11 Å². The average molecular weight is 274 g/mol. The SMILES string of the molecule is COc1cccc(/C=C/C(=O)O)c1OC1C=CCCC1. The van der Waals surface area contributed by atoms with Crippen LogP contribution < -0.4 is 9.47 Å². The third-order valence-electron chi connectivity index (χ3n) is 3.11. The number of benzene rings is 1. The van der Waals surface area contributed by atoms with Gasteiger partial charge in [0.25, 0.3) is 0 Å². The van der Waals surface area contributed by atoms with Gasteiger partial charge in [0.15, 0.2) is 11.5 Å². The molecule has 2 rings (SSSR count). The summed E-state index contributed by atoms with van der Waals surface area (Å²) in [6.07, 6.45) is 9.91. The zero-order valence-corrected chi connectivity index (χ0v) is 11.4. The summed E-state index contributed by atoms with van der Waals surface area (Å²) in [7, 11) is 1.57. The van der Waals surface area contributed by atoms with E-state index in [1.807, 2.05) is 18.2 Å². The normalized spacial score (nSPS) is 18.1. The van der Waals surface area contributed by atoms with Crippen molar-refractivity contribution in [3.63, 3.8) is 0 Å². The lowest BCUT2D eigenvalue weighted by molar-refractivity contribution is -0.131. The van der Waals surface area contributed by atoms with Crippen LogP contribution in [0.2, 0.25) is 0 Å². The van der Waals surface area contributed by atoms with Gasteiger partial charge in [0, 0.05) is 11.6 Å². The number of para-hydroxylation sites is 1. The number of ether oxygens (including phenoxy) is 2. The number of carbonyl (C=O) groups is 1. The molecule has 1 aliphatic rings. The van der Waals surface area contributed by atoms with E-state index in [0.717, 1.165) is 25.3 Å². The fraction of sp³-hybridized carbons (Fsp3) is 0.312. The Bertz CT molecular complexity index is 531. The van der Waals surface area contributed by atoms with Crippen LogP contribution in [0.25, 0.3) is 6.08 Å². The summed E-state index contributed by atoms with van der Waals surface area (Å²) in [4.78, 5) is 10.7. The quantitative estimate of drug-likeness (QED) is 0.661. The molecule has 1 atom stereocenters. The van der Waals surface area contributed by atoms with E-state index in [9.17, 15) is 4.79 Å². The van der Waals surface area contributed by atoms with Crippen LogP contribution in [0.3, 0.4) is 0 Å². The van der Waals surface area contributed by atoms with Crippen LogP contribution in [0.1, 0.15) is 24.8 Å². The van der Waals surface area contributed by atoms with Gasteiger partial charge in [-0.05, 0) is 37.5 Å². The molecule has 1 N–H and O–H groups in total. The predicted molar refractivity (Wildman–Crippen MR) is 77.1 cm³/mol. The van der Waals surface area contributed by atoms with Crippen LogP contribution in [0.5, 0.6) is 11.5 Å². The lowest BCUT2D eigenvalue weighted by Crippen LogP contribution is -2.16. The summed E-state index contributed by atoms with van der Waals surface area (Å²) in [5.41, 5.74) is 0.700. The van der Waals surface area contributed by atoms with Gasteiger partial charge >= 0.3 is 5.97 Å². The van der Waals surface area contributed by atoms with Gasteiger partial charge in [-0.25, -0.2) is 4.79 Å². The van der Waals surface area contributed by atoms with Crippen molar-refractivity contribution in [2.75, 3.05) is 7.11 Å². The molecule has 0 heterocycles. The van der Waals surface area contributed by atoms with Crippen LogP contribution in [0, 0.1) is 0 Å². The molecule has 0 spiro atoms. The first-order chi connectivity index (χ1) is 9.70. The highest BCUT2D eigenvalue weighted by molar-refractivity contribution is 5.86. The molecule has 0 aliphatic heterocycles. The minimum Gasteiger partial charge on any atom is -0.493 e. The molecule has 0 saturated heterocycles. The third-order valence-corrected chi connectivity index (χ3v) is 3.11. The van der Waals surface area contributed by atoms with Crippen LogP contribution in [-0.4, -0.2) is 24.3 Å². The van der Waals surface area contributed by atoms with Crippen molar-refractivity contribution in [1.29, 1.82) is 0 Å². The van der Waals surface area contributed by atoms with Crippen molar-refractivity contribution in [3.8, 4) is 11.5 Å². The highest BCUT2D eigenvalue weighted by atomic mass is 16.5. The van der Waals surface area contributed by atoms with Crippen molar-refractivity contribution >= 4 is 12.0 Å². The van der Waals surface area contributed by atoms with E-state index in [-0.39, 0.29) is 6.10 Å². The summed E-state index contributed by atoms with van der Waals surface area (Å²) >= 11 is 0. The van der Waals surface area contributed by atoms with Crippen molar-refractivity contribution in [1.82, 2.24) is 0 Å². The smallest absolute Gasteiger partial charge is 0.328 e. The van der Waals surface area contributed by atoms with E-state index in [2.05, 4.69) is 6.08 Å². The Morgan fingerprint density at radius 2 is 2.30 bits per heavy atom. The highest BCUT2D eigenvalue weighted by Gasteiger charge is 2.15. The molecule has 1 aromatic rings. The fourth-order valence-corrected chi connectivity index (χ4v) is 2.14. The topological polar surface area (TPSA) is 55.8 Å². The van der Waals surface area contributed by atoms with Gasteiger partial charge in [-0.1, -0.05) is 18.2 Å². The van der Waals surface area contributed by atoms with Crippen molar-refractivity contribution < 1.29 is 19.4 Å². The molecular weight excluding hydrogens is 256 g/mol. The first-order valence-corrected chi connectivity index (χ1v) is 6.62. The maximum Gasteiger partial charge on any atom is 0.328 e. The van der Waals surface area contributed by atoms with Crippen LogP contribution >= 0.6 is 0 Å². The van der Waals surface area contributed by atoms with Crippen LogP contribution in [0.15, 0.2) is 36.4 Å².